The normalized spacial score (nSPS) is 10.4. The average Bonchev–Trinajstić information content (AvgIpc) is 2.82. The number of carboxylic acid groups (broad SMARTS) is 1. The minimum atomic E-state index is -1.18. The van der Waals surface area contributed by atoms with Crippen molar-refractivity contribution in [1.29, 1.82) is 0 Å². The third kappa shape index (κ3) is 3.66. The zero-order valence-corrected chi connectivity index (χ0v) is 13.0. The topological polar surface area (TPSA) is 97.1 Å². The van der Waals surface area contributed by atoms with Crippen LogP contribution < -0.4 is 5.32 Å². The number of carbonyl (C=O) groups is 2. The van der Waals surface area contributed by atoms with E-state index in [4.69, 9.17) is 5.11 Å². The van der Waals surface area contributed by atoms with Crippen molar-refractivity contribution in [2.75, 3.05) is 5.32 Å². The van der Waals surface area contributed by atoms with Crippen molar-refractivity contribution in [1.82, 2.24) is 15.0 Å². The zero-order valence-electron chi connectivity index (χ0n) is 11.4. The van der Waals surface area contributed by atoms with E-state index in [1.165, 1.54) is 10.9 Å². The molecule has 0 unspecified atom stereocenters. The fourth-order valence-corrected chi connectivity index (χ4v) is 2.65. The highest BCUT2D eigenvalue weighted by Gasteiger charge is 2.13. The quantitative estimate of drug-likeness (QED) is 0.876. The van der Waals surface area contributed by atoms with Crippen molar-refractivity contribution in [3.63, 3.8) is 0 Å². The Morgan fingerprint density at radius 2 is 2.10 bits per heavy atom. The molecule has 0 radical (unpaired) electrons. The van der Waals surface area contributed by atoms with E-state index in [9.17, 15) is 9.59 Å². The van der Waals surface area contributed by atoms with Gasteiger partial charge >= 0.3 is 5.97 Å². The number of nitrogens with zero attached hydrogens (tertiary/aromatic N) is 3. The number of aryl methyl sites for hydroxylation is 2. The van der Waals surface area contributed by atoms with Crippen molar-refractivity contribution >= 4 is 33.5 Å². The maximum absolute atomic E-state index is 12.0. The lowest BCUT2D eigenvalue weighted by Crippen LogP contribution is -2.20. The summed E-state index contributed by atoms with van der Waals surface area (Å²) in [7, 11) is 0. The minimum Gasteiger partial charge on any atom is -0.476 e. The van der Waals surface area contributed by atoms with E-state index in [-0.39, 0.29) is 18.1 Å². The third-order valence-electron chi connectivity index (χ3n) is 2.76. The standard InChI is InChI=1S/C13H13BrN4O3/c1-7-3-8(2)12(9(14)4-7)15-11(19)6-18-5-10(13(20)21)16-17-18/h3-5H,6H2,1-2H3,(H,15,19)(H,20,21). The molecule has 0 atom stereocenters. The molecule has 1 aromatic heterocycles. The molecule has 1 amide bonds. The van der Waals surface area contributed by atoms with Crippen LogP contribution in [-0.2, 0) is 11.3 Å². The van der Waals surface area contributed by atoms with Gasteiger partial charge in [0, 0.05) is 4.47 Å². The smallest absolute Gasteiger partial charge is 0.358 e. The van der Waals surface area contributed by atoms with Crippen LogP contribution in [0.15, 0.2) is 22.8 Å². The lowest BCUT2D eigenvalue weighted by atomic mass is 10.1. The number of halogens is 1. The van der Waals surface area contributed by atoms with E-state index in [0.29, 0.717) is 5.69 Å². The van der Waals surface area contributed by atoms with E-state index >= 15 is 0 Å². The molecule has 2 N–H and O–H groups in total. The highest BCUT2D eigenvalue weighted by Crippen LogP contribution is 2.27. The van der Waals surface area contributed by atoms with Gasteiger partial charge in [0.1, 0.15) is 6.54 Å². The number of hydrogen-bond donors (Lipinski definition) is 2. The van der Waals surface area contributed by atoms with Crippen LogP contribution in [0, 0.1) is 13.8 Å². The first kappa shape index (κ1) is 15.2. The number of benzene rings is 1. The van der Waals surface area contributed by atoms with Crippen molar-refractivity contribution in [2.24, 2.45) is 0 Å². The second-order valence-corrected chi connectivity index (χ2v) is 5.45. The molecule has 8 heteroatoms. The monoisotopic (exact) mass is 352 g/mol. The maximum atomic E-state index is 12.0. The van der Waals surface area contributed by atoms with Gasteiger partial charge in [-0.3, -0.25) is 4.79 Å². The average molecular weight is 353 g/mol. The minimum absolute atomic E-state index is 0.111. The molecule has 2 rings (SSSR count). The van der Waals surface area contributed by atoms with Crippen LogP contribution in [0.2, 0.25) is 0 Å². The van der Waals surface area contributed by atoms with E-state index in [2.05, 4.69) is 31.6 Å². The molecular weight excluding hydrogens is 340 g/mol. The molecule has 7 nitrogen and oxygen atoms in total. The van der Waals surface area contributed by atoms with Gasteiger partial charge in [-0.15, -0.1) is 5.10 Å². The number of anilines is 1. The van der Waals surface area contributed by atoms with Gasteiger partial charge in [-0.1, -0.05) is 11.3 Å². The third-order valence-corrected chi connectivity index (χ3v) is 3.38. The molecule has 0 spiro atoms. The Morgan fingerprint density at radius 1 is 1.38 bits per heavy atom. The van der Waals surface area contributed by atoms with Crippen LogP contribution in [0.5, 0.6) is 0 Å². The van der Waals surface area contributed by atoms with Gasteiger partial charge in [-0.25, -0.2) is 9.48 Å². The van der Waals surface area contributed by atoms with Crippen LogP contribution in [0.4, 0.5) is 5.69 Å². The molecule has 21 heavy (non-hydrogen) atoms. The van der Waals surface area contributed by atoms with Gasteiger partial charge in [-0.2, -0.15) is 0 Å². The van der Waals surface area contributed by atoms with E-state index in [0.717, 1.165) is 15.6 Å². The van der Waals surface area contributed by atoms with Crippen molar-refractivity contribution < 1.29 is 14.7 Å². The van der Waals surface area contributed by atoms with E-state index in [1.54, 1.807) is 0 Å². The molecule has 0 aliphatic heterocycles. The Labute approximate surface area is 129 Å². The van der Waals surface area contributed by atoms with Crippen molar-refractivity contribution in [2.45, 2.75) is 20.4 Å². The van der Waals surface area contributed by atoms with Crippen LogP contribution in [0.25, 0.3) is 0 Å². The summed E-state index contributed by atoms with van der Waals surface area (Å²) in [5.41, 5.74) is 2.50. The molecule has 0 saturated heterocycles. The summed E-state index contributed by atoms with van der Waals surface area (Å²) >= 11 is 3.41. The van der Waals surface area contributed by atoms with E-state index < -0.39 is 5.97 Å². The maximum Gasteiger partial charge on any atom is 0.358 e. The summed E-state index contributed by atoms with van der Waals surface area (Å²) in [6, 6.07) is 3.86. The molecule has 1 aromatic carbocycles. The molecule has 1 heterocycles. The molecule has 2 aromatic rings. The van der Waals surface area contributed by atoms with Crippen LogP contribution in [-0.4, -0.2) is 32.0 Å². The first-order chi connectivity index (χ1) is 9.86. The number of aromatic carboxylic acids is 1. The largest absolute Gasteiger partial charge is 0.476 e. The summed E-state index contributed by atoms with van der Waals surface area (Å²) in [4.78, 5) is 22.7. The predicted octanol–water partition coefficient (Wildman–Crippen LogP) is 1.99. The Balaban J connectivity index is 2.10. The van der Waals surface area contributed by atoms with Crippen LogP contribution >= 0.6 is 15.9 Å². The summed E-state index contributed by atoms with van der Waals surface area (Å²) < 4.78 is 1.97. The molecule has 0 aliphatic carbocycles. The zero-order chi connectivity index (χ0) is 15.6. The highest BCUT2D eigenvalue weighted by molar-refractivity contribution is 9.10. The van der Waals surface area contributed by atoms with Crippen LogP contribution in [0.3, 0.4) is 0 Å². The predicted molar refractivity (Wildman–Crippen MR) is 79.2 cm³/mol. The number of amides is 1. The van der Waals surface area contributed by atoms with Crippen molar-refractivity contribution in [3.05, 3.63) is 39.6 Å². The van der Waals surface area contributed by atoms with Crippen LogP contribution in [0.1, 0.15) is 21.6 Å². The summed E-state index contributed by atoms with van der Waals surface area (Å²) in [6.45, 7) is 3.75. The number of nitrogens with one attached hydrogen (secondary N) is 1. The summed E-state index contributed by atoms with van der Waals surface area (Å²) in [5.74, 6) is -1.50. The fourth-order valence-electron chi connectivity index (χ4n) is 1.87. The van der Waals surface area contributed by atoms with E-state index in [1.807, 2.05) is 26.0 Å². The highest BCUT2D eigenvalue weighted by atomic mass is 79.9. The summed E-state index contributed by atoms with van der Waals surface area (Å²) in [5, 5.41) is 18.6. The Morgan fingerprint density at radius 3 is 2.67 bits per heavy atom. The molecule has 0 fully saturated rings. The molecule has 0 bridgehead atoms. The first-order valence-corrected chi connectivity index (χ1v) is 6.86. The van der Waals surface area contributed by atoms with Gasteiger partial charge in [0.2, 0.25) is 5.91 Å². The number of aromatic nitrogens is 3. The second kappa shape index (κ2) is 6.04. The molecular formula is C13H13BrN4O3. The van der Waals surface area contributed by atoms with Gasteiger partial charge in [0.15, 0.2) is 5.69 Å². The molecule has 0 aliphatic rings. The Bertz CT molecular complexity index is 688. The summed E-state index contributed by atoms with van der Waals surface area (Å²) in [6.07, 6.45) is 1.21. The first-order valence-electron chi connectivity index (χ1n) is 6.07. The lowest BCUT2D eigenvalue weighted by molar-refractivity contribution is -0.116. The SMILES string of the molecule is Cc1cc(C)c(NC(=O)Cn2cc(C(=O)O)nn2)c(Br)c1. The molecule has 110 valence electrons. The number of rotatable bonds is 4. The second-order valence-electron chi connectivity index (χ2n) is 4.59. The number of carboxylic acids is 1. The van der Waals surface area contributed by atoms with Crippen molar-refractivity contribution in [3.8, 4) is 0 Å². The number of hydrogen-bond acceptors (Lipinski definition) is 4. The van der Waals surface area contributed by atoms with Gasteiger partial charge in [0.05, 0.1) is 11.9 Å². The van der Waals surface area contributed by atoms with Gasteiger partial charge < -0.3 is 10.4 Å². The lowest BCUT2D eigenvalue weighted by Gasteiger charge is -2.11. The fraction of sp³-hybridized carbons (Fsp3) is 0.231. The molecule has 0 saturated carbocycles. The number of carbonyl (C=O) groups excluding carboxylic acids is 1. The Hall–Kier alpha value is -2.22. The van der Waals surface area contributed by atoms with Gasteiger partial charge in [0.25, 0.3) is 0 Å². The van der Waals surface area contributed by atoms with Gasteiger partial charge in [-0.05, 0) is 47.0 Å². The Kier molecular flexibility index (Phi) is 4.37.